The van der Waals surface area contributed by atoms with E-state index in [0.29, 0.717) is 16.6 Å². The van der Waals surface area contributed by atoms with E-state index >= 15 is 0 Å². The first-order valence-electron chi connectivity index (χ1n) is 8.89. The molecule has 1 aliphatic rings. The van der Waals surface area contributed by atoms with Crippen LogP contribution in [0.1, 0.15) is 15.9 Å². The van der Waals surface area contributed by atoms with E-state index in [0.717, 1.165) is 27.4 Å². The number of benzene rings is 3. The van der Waals surface area contributed by atoms with Gasteiger partial charge in [-0.3, -0.25) is 0 Å². The Morgan fingerprint density at radius 3 is 2.59 bits per heavy atom. The van der Waals surface area contributed by atoms with E-state index in [1.807, 2.05) is 61.5 Å². The van der Waals surface area contributed by atoms with E-state index in [4.69, 9.17) is 4.98 Å². The van der Waals surface area contributed by atoms with Gasteiger partial charge in [0.05, 0.1) is 28.6 Å². The first-order valence-corrected chi connectivity index (χ1v) is 9.71. The molecule has 5 rings (SSSR count). The summed E-state index contributed by atoms with van der Waals surface area (Å²) in [6.07, 6.45) is 0. The molecule has 0 atom stereocenters. The Balaban J connectivity index is 0.00000205. The van der Waals surface area contributed by atoms with Crippen molar-refractivity contribution in [3.63, 3.8) is 0 Å². The third-order valence-electron chi connectivity index (χ3n) is 4.84. The number of hydrogen-bond acceptors (Lipinski definition) is 5. The predicted octanol–water partition coefficient (Wildman–Crippen LogP) is 1.79. The summed E-state index contributed by atoms with van der Waals surface area (Å²) in [5.74, 6) is -1.19. The van der Waals surface area contributed by atoms with Crippen LogP contribution in [0.2, 0.25) is 0 Å². The number of nitrogens with zero attached hydrogens (tertiary/aromatic N) is 1. The van der Waals surface area contributed by atoms with Crippen LogP contribution in [0.4, 0.5) is 11.4 Å². The second kappa shape index (κ2) is 8.22. The molecule has 1 N–H and O–H groups in total. The van der Waals surface area contributed by atoms with Gasteiger partial charge in [-0.15, -0.1) is 0 Å². The van der Waals surface area contributed by atoms with Crippen molar-refractivity contribution < 1.29 is 61.3 Å². The Kier molecular flexibility index (Phi) is 5.84. The monoisotopic (exact) mass is 422 g/mol. The van der Waals surface area contributed by atoms with Crippen molar-refractivity contribution in [2.75, 3.05) is 5.32 Å². The number of aromatic carboxylic acids is 1. The molecule has 136 valence electrons. The molecule has 4 aromatic rings. The number of hydrogen-bond donors (Lipinski definition) is 1. The van der Waals surface area contributed by atoms with Crippen molar-refractivity contribution in [3.8, 4) is 11.3 Å². The van der Waals surface area contributed by atoms with Gasteiger partial charge in [-0.1, -0.05) is 41.6 Å². The smallest absolute Gasteiger partial charge is 0.545 e. The standard InChI is InChI=1S/C23H16N2O2S.K/c1-13-6-8-17-15(10-13)16(23(26)27)12-19(24-17)14-7-9-22-20(11-14)25-18-4-2-3-5-21(18)28-22;/h2-12,25H,1H3,(H,26,27);/q;+1/p-1. The van der Waals surface area contributed by atoms with E-state index in [1.54, 1.807) is 17.8 Å². The third kappa shape index (κ3) is 3.88. The minimum absolute atomic E-state index is 0. The Hall–Kier alpha value is -1.67. The van der Waals surface area contributed by atoms with Gasteiger partial charge in [0.1, 0.15) is 0 Å². The Morgan fingerprint density at radius 1 is 0.966 bits per heavy atom. The van der Waals surface area contributed by atoms with E-state index in [2.05, 4.69) is 11.4 Å². The maximum atomic E-state index is 11.7. The SMILES string of the molecule is Cc1ccc2nc(-c3ccc4c(c3)Nc3ccccc3S4)cc(C(=O)[O-])c2c1.[K+]. The van der Waals surface area contributed by atoms with Crippen molar-refractivity contribution >= 4 is 40.0 Å². The molecule has 4 nitrogen and oxygen atoms in total. The van der Waals surface area contributed by atoms with Crippen molar-refractivity contribution in [3.05, 3.63) is 77.9 Å². The van der Waals surface area contributed by atoms with Crippen molar-refractivity contribution in [1.29, 1.82) is 0 Å². The first-order chi connectivity index (χ1) is 13.6. The predicted molar refractivity (Wildman–Crippen MR) is 110 cm³/mol. The summed E-state index contributed by atoms with van der Waals surface area (Å²) in [6, 6.07) is 21.4. The van der Waals surface area contributed by atoms with Crippen molar-refractivity contribution in [2.45, 2.75) is 16.7 Å². The number of aryl methyl sites for hydroxylation is 1. The number of aromatic nitrogens is 1. The molecule has 2 heterocycles. The molecule has 0 bridgehead atoms. The number of rotatable bonds is 2. The largest absolute Gasteiger partial charge is 1.00 e. The summed E-state index contributed by atoms with van der Waals surface area (Å²) in [7, 11) is 0. The van der Waals surface area contributed by atoms with Crippen LogP contribution in [-0.4, -0.2) is 11.0 Å². The molecule has 0 amide bonds. The third-order valence-corrected chi connectivity index (χ3v) is 5.99. The van der Waals surface area contributed by atoms with Gasteiger partial charge in [0.15, 0.2) is 0 Å². The molecule has 3 aromatic carbocycles. The average molecular weight is 423 g/mol. The molecule has 1 aliphatic heterocycles. The van der Waals surface area contributed by atoms with E-state index in [-0.39, 0.29) is 56.9 Å². The molecule has 1 aromatic heterocycles. The Bertz CT molecular complexity index is 1270. The Labute approximate surface area is 215 Å². The first kappa shape index (κ1) is 20.6. The number of fused-ring (bicyclic) bond motifs is 3. The number of carboxylic acids is 1. The molecular weight excluding hydrogens is 407 g/mol. The van der Waals surface area contributed by atoms with Gasteiger partial charge < -0.3 is 15.2 Å². The number of nitrogens with one attached hydrogen (secondary N) is 1. The molecule has 0 saturated carbocycles. The molecule has 29 heavy (non-hydrogen) atoms. The normalized spacial score (nSPS) is 11.8. The number of para-hydroxylation sites is 1. The molecule has 6 heteroatoms. The fraction of sp³-hybridized carbons (Fsp3) is 0.0435. The van der Waals surface area contributed by atoms with Gasteiger partial charge in [0, 0.05) is 26.3 Å². The van der Waals surface area contributed by atoms with E-state index in [1.165, 1.54) is 4.90 Å². The number of pyridine rings is 1. The van der Waals surface area contributed by atoms with Crippen LogP contribution >= 0.6 is 11.8 Å². The van der Waals surface area contributed by atoms with Gasteiger partial charge in [0.25, 0.3) is 0 Å². The maximum absolute atomic E-state index is 11.7. The second-order valence-corrected chi connectivity index (χ2v) is 7.88. The molecule has 0 aliphatic carbocycles. The molecule has 0 spiro atoms. The van der Waals surface area contributed by atoms with E-state index in [9.17, 15) is 9.90 Å². The number of carbonyl (C=O) groups excluding carboxylic acids is 1. The second-order valence-electron chi connectivity index (χ2n) is 6.80. The number of anilines is 2. The van der Waals surface area contributed by atoms with E-state index < -0.39 is 5.97 Å². The fourth-order valence-corrected chi connectivity index (χ4v) is 4.42. The average Bonchev–Trinajstić information content (AvgIpc) is 2.71. The number of carboxylic acid groups (broad SMARTS) is 1. The van der Waals surface area contributed by atoms with Crippen LogP contribution in [0.15, 0.2) is 76.5 Å². The summed E-state index contributed by atoms with van der Waals surface area (Å²) in [6.45, 7) is 1.93. The molecule has 0 unspecified atom stereocenters. The Morgan fingerprint density at radius 2 is 1.76 bits per heavy atom. The molecular formula is C23H15KN2O2S. The van der Waals surface area contributed by atoms with Crippen LogP contribution in [0.25, 0.3) is 22.2 Å². The van der Waals surface area contributed by atoms with Crippen LogP contribution in [0.5, 0.6) is 0 Å². The summed E-state index contributed by atoms with van der Waals surface area (Å²) < 4.78 is 0. The van der Waals surface area contributed by atoms with Crippen LogP contribution < -0.4 is 61.8 Å². The van der Waals surface area contributed by atoms with Crippen LogP contribution in [0.3, 0.4) is 0 Å². The molecule has 0 radical (unpaired) electrons. The van der Waals surface area contributed by atoms with Gasteiger partial charge >= 0.3 is 51.4 Å². The molecule has 0 saturated heterocycles. The summed E-state index contributed by atoms with van der Waals surface area (Å²) >= 11 is 1.71. The molecule has 0 fully saturated rings. The topological polar surface area (TPSA) is 65.0 Å². The van der Waals surface area contributed by atoms with Crippen LogP contribution in [0, 0.1) is 6.92 Å². The van der Waals surface area contributed by atoms with Crippen LogP contribution in [-0.2, 0) is 0 Å². The fourth-order valence-electron chi connectivity index (χ4n) is 3.45. The zero-order valence-electron chi connectivity index (χ0n) is 16.0. The minimum Gasteiger partial charge on any atom is -0.545 e. The van der Waals surface area contributed by atoms with Gasteiger partial charge in [0.2, 0.25) is 0 Å². The maximum Gasteiger partial charge on any atom is 1.00 e. The van der Waals surface area contributed by atoms with Crippen molar-refractivity contribution in [2.24, 2.45) is 0 Å². The summed E-state index contributed by atoms with van der Waals surface area (Å²) in [4.78, 5) is 18.7. The van der Waals surface area contributed by atoms with Gasteiger partial charge in [-0.05, 0) is 49.4 Å². The van der Waals surface area contributed by atoms with Crippen molar-refractivity contribution in [1.82, 2.24) is 4.98 Å². The van der Waals surface area contributed by atoms with Gasteiger partial charge in [-0.25, -0.2) is 4.98 Å². The summed E-state index contributed by atoms with van der Waals surface area (Å²) in [5, 5.41) is 15.8. The number of carbonyl (C=O) groups is 1. The summed E-state index contributed by atoms with van der Waals surface area (Å²) in [5.41, 5.74) is 5.32. The zero-order chi connectivity index (χ0) is 19.3. The zero-order valence-corrected chi connectivity index (χ0v) is 20.0. The minimum atomic E-state index is -1.19. The quantitative estimate of drug-likeness (QED) is 0.440. The van der Waals surface area contributed by atoms with Gasteiger partial charge in [-0.2, -0.15) is 0 Å².